The van der Waals surface area contributed by atoms with Crippen LogP contribution in [0.2, 0.25) is 0 Å². The van der Waals surface area contributed by atoms with Crippen molar-refractivity contribution < 1.29 is 19.5 Å². The Kier molecular flexibility index (Phi) is 4.35. The fourth-order valence-corrected chi connectivity index (χ4v) is 5.88. The van der Waals surface area contributed by atoms with Crippen molar-refractivity contribution in [3.05, 3.63) is 23.8 Å². The van der Waals surface area contributed by atoms with E-state index in [2.05, 4.69) is 0 Å². The van der Waals surface area contributed by atoms with Crippen LogP contribution >= 0.6 is 0 Å². The van der Waals surface area contributed by atoms with Gasteiger partial charge in [0.1, 0.15) is 5.75 Å². The molecule has 0 unspecified atom stereocenters. The smallest absolute Gasteiger partial charge is 0.467 e. The molecule has 24 heavy (non-hydrogen) atoms. The van der Waals surface area contributed by atoms with Crippen molar-refractivity contribution >= 4 is 12.6 Å². The first kappa shape index (κ1) is 16.4. The van der Waals surface area contributed by atoms with Crippen LogP contribution < -0.4 is 10.2 Å². The van der Waals surface area contributed by atoms with E-state index in [-0.39, 0.29) is 12.2 Å². The fourth-order valence-electron chi connectivity index (χ4n) is 5.88. The normalized spacial score (nSPS) is 33.7. The molecule has 0 atom stereocenters. The molecule has 130 valence electrons. The Balaban J connectivity index is 1.70. The summed E-state index contributed by atoms with van der Waals surface area (Å²) >= 11 is 0. The summed E-state index contributed by atoms with van der Waals surface area (Å²) in [5, 5.41) is 19.2. The molecule has 4 fully saturated rings. The second kappa shape index (κ2) is 6.36. The van der Waals surface area contributed by atoms with E-state index in [4.69, 9.17) is 9.47 Å². The van der Waals surface area contributed by atoms with Crippen LogP contribution in [-0.2, 0) is 10.2 Å². The molecule has 0 radical (unpaired) electrons. The second-order valence-corrected chi connectivity index (χ2v) is 8.08. The van der Waals surface area contributed by atoms with E-state index in [9.17, 15) is 10.0 Å². The Morgan fingerprint density at radius 3 is 2.25 bits per heavy atom. The first-order valence-electron chi connectivity index (χ1n) is 9.31. The monoisotopic (exact) mass is 330 g/mol. The zero-order valence-corrected chi connectivity index (χ0v) is 14.4. The van der Waals surface area contributed by atoms with E-state index < -0.39 is 7.12 Å². The van der Waals surface area contributed by atoms with Crippen LogP contribution in [0.4, 0.5) is 0 Å². The first-order valence-corrected chi connectivity index (χ1v) is 9.31. The molecular formula is C19H27BO4. The molecule has 0 aromatic heterocycles. The van der Waals surface area contributed by atoms with Gasteiger partial charge in [-0.15, -0.1) is 0 Å². The van der Waals surface area contributed by atoms with Crippen LogP contribution in [0, 0.1) is 17.8 Å². The maximum Gasteiger partial charge on any atom is 0.488 e. The molecule has 0 aliphatic heterocycles. The van der Waals surface area contributed by atoms with Gasteiger partial charge in [0.05, 0.1) is 0 Å². The Morgan fingerprint density at radius 2 is 1.71 bits per heavy atom. The summed E-state index contributed by atoms with van der Waals surface area (Å²) in [7, 11) is -1.43. The topological polar surface area (TPSA) is 58.9 Å². The molecule has 0 spiro atoms. The Labute approximate surface area is 144 Å². The van der Waals surface area contributed by atoms with Crippen molar-refractivity contribution in [3.63, 3.8) is 0 Å². The van der Waals surface area contributed by atoms with Crippen LogP contribution in [0.15, 0.2) is 18.2 Å². The van der Waals surface area contributed by atoms with Crippen molar-refractivity contribution in [2.24, 2.45) is 17.8 Å². The Hall–Kier alpha value is -1.04. The minimum absolute atomic E-state index is 0.154. The van der Waals surface area contributed by atoms with Gasteiger partial charge in [0, 0.05) is 12.2 Å². The predicted octanol–water partition coefficient (Wildman–Crippen LogP) is 2.21. The molecule has 1 aromatic carbocycles. The highest BCUT2D eigenvalue weighted by Crippen LogP contribution is 2.61. The standard InChI is InChI=1S/C19H27BO4/c1-2-23-12-24-18-4-3-16(20(21)22)8-17(18)19-9-13-5-14(10-19)7-15(6-13)11-19/h3-4,8,13-15,21-22H,2,5-7,9-12H2,1H3. The van der Waals surface area contributed by atoms with Gasteiger partial charge in [-0.2, -0.15) is 0 Å². The molecule has 5 heteroatoms. The molecule has 1 aromatic rings. The van der Waals surface area contributed by atoms with Gasteiger partial charge in [-0.05, 0) is 80.1 Å². The molecule has 2 N–H and O–H groups in total. The zero-order chi connectivity index (χ0) is 16.7. The van der Waals surface area contributed by atoms with E-state index in [1.165, 1.54) is 44.1 Å². The third-order valence-corrected chi connectivity index (χ3v) is 6.41. The highest BCUT2D eigenvalue weighted by Gasteiger charge is 2.52. The largest absolute Gasteiger partial charge is 0.488 e. The summed E-state index contributed by atoms with van der Waals surface area (Å²) in [6, 6.07) is 5.61. The van der Waals surface area contributed by atoms with Crippen molar-refractivity contribution in [1.29, 1.82) is 0 Å². The van der Waals surface area contributed by atoms with Crippen molar-refractivity contribution in [3.8, 4) is 5.75 Å². The molecule has 0 amide bonds. The quantitative estimate of drug-likeness (QED) is 0.477. The number of hydrogen-bond donors (Lipinski definition) is 2. The maximum atomic E-state index is 9.62. The van der Waals surface area contributed by atoms with Gasteiger partial charge in [0.15, 0.2) is 6.79 Å². The molecule has 0 heterocycles. The van der Waals surface area contributed by atoms with Crippen LogP contribution in [0.5, 0.6) is 5.75 Å². The van der Waals surface area contributed by atoms with Crippen molar-refractivity contribution in [1.82, 2.24) is 0 Å². The molecule has 4 nitrogen and oxygen atoms in total. The van der Waals surface area contributed by atoms with Gasteiger partial charge in [0.25, 0.3) is 0 Å². The van der Waals surface area contributed by atoms with Gasteiger partial charge in [0.2, 0.25) is 0 Å². The summed E-state index contributed by atoms with van der Waals surface area (Å²) in [5.41, 5.74) is 1.89. The summed E-state index contributed by atoms with van der Waals surface area (Å²) < 4.78 is 11.3. The van der Waals surface area contributed by atoms with Gasteiger partial charge in [-0.3, -0.25) is 0 Å². The van der Waals surface area contributed by atoms with Gasteiger partial charge in [-0.25, -0.2) is 0 Å². The van der Waals surface area contributed by atoms with E-state index in [1.807, 2.05) is 19.1 Å². The minimum atomic E-state index is -1.43. The SMILES string of the molecule is CCOCOc1ccc(B(O)O)cc1C12CC3CC(CC(C3)C1)C2. The van der Waals surface area contributed by atoms with E-state index in [1.54, 1.807) is 6.07 Å². The highest BCUT2D eigenvalue weighted by atomic mass is 16.7. The van der Waals surface area contributed by atoms with Crippen molar-refractivity contribution in [2.75, 3.05) is 13.4 Å². The van der Waals surface area contributed by atoms with Crippen molar-refractivity contribution in [2.45, 2.75) is 50.9 Å². The lowest BCUT2D eigenvalue weighted by Crippen LogP contribution is -2.49. The van der Waals surface area contributed by atoms with E-state index in [0.29, 0.717) is 12.1 Å². The number of rotatable bonds is 6. The lowest BCUT2D eigenvalue weighted by Gasteiger charge is -2.57. The van der Waals surface area contributed by atoms with E-state index in [0.717, 1.165) is 23.5 Å². The Morgan fingerprint density at radius 1 is 1.08 bits per heavy atom. The predicted molar refractivity (Wildman–Crippen MR) is 93.2 cm³/mol. The molecule has 4 aliphatic rings. The molecule has 4 bridgehead atoms. The summed E-state index contributed by atoms with van der Waals surface area (Å²) in [4.78, 5) is 0. The molecule has 4 aliphatic carbocycles. The third-order valence-electron chi connectivity index (χ3n) is 6.41. The lowest BCUT2D eigenvalue weighted by atomic mass is 9.47. The van der Waals surface area contributed by atoms with Gasteiger partial charge in [-0.1, -0.05) is 12.1 Å². The highest BCUT2D eigenvalue weighted by molar-refractivity contribution is 6.58. The summed E-state index contributed by atoms with van der Waals surface area (Å²) in [5.74, 6) is 3.35. The molecule has 5 rings (SSSR count). The third kappa shape index (κ3) is 2.87. The average molecular weight is 330 g/mol. The van der Waals surface area contributed by atoms with Crippen LogP contribution in [-0.4, -0.2) is 30.6 Å². The second-order valence-electron chi connectivity index (χ2n) is 8.08. The van der Waals surface area contributed by atoms with Crippen LogP contribution in [0.3, 0.4) is 0 Å². The summed E-state index contributed by atoms with van der Waals surface area (Å²) in [6.45, 7) is 2.82. The average Bonchev–Trinajstić information content (AvgIpc) is 2.54. The first-order chi connectivity index (χ1) is 11.6. The maximum absolute atomic E-state index is 9.62. The number of benzene rings is 1. The molecule has 4 saturated carbocycles. The summed E-state index contributed by atoms with van der Waals surface area (Å²) in [6.07, 6.45) is 7.81. The molecular weight excluding hydrogens is 303 g/mol. The Bertz CT molecular complexity index is 566. The zero-order valence-electron chi connectivity index (χ0n) is 14.4. The number of ether oxygens (including phenoxy) is 2. The van der Waals surface area contributed by atoms with Gasteiger partial charge < -0.3 is 19.5 Å². The van der Waals surface area contributed by atoms with E-state index >= 15 is 0 Å². The fraction of sp³-hybridized carbons (Fsp3) is 0.684. The van der Waals surface area contributed by atoms with Crippen LogP contribution in [0.1, 0.15) is 51.0 Å². The number of hydrogen-bond acceptors (Lipinski definition) is 4. The lowest BCUT2D eigenvalue weighted by molar-refractivity contribution is -0.0108. The van der Waals surface area contributed by atoms with Gasteiger partial charge >= 0.3 is 7.12 Å². The molecule has 0 saturated heterocycles. The minimum Gasteiger partial charge on any atom is -0.467 e. The van der Waals surface area contributed by atoms with Crippen LogP contribution in [0.25, 0.3) is 0 Å².